The second kappa shape index (κ2) is 5.69. The monoisotopic (exact) mass is 272 g/mol. The Kier molecular flexibility index (Phi) is 3.98. The molecule has 0 saturated carbocycles. The van der Waals surface area contributed by atoms with Crippen LogP contribution in [0.5, 0.6) is 5.75 Å². The third-order valence-corrected chi connectivity index (χ3v) is 3.07. The molecule has 0 radical (unpaired) electrons. The maximum Gasteiger partial charge on any atom is 0.339 e. The number of carboxylic acid groups (broad SMARTS) is 1. The molecule has 0 spiro atoms. The van der Waals surface area contributed by atoms with Gasteiger partial charge in [0.1, 0.15) is 17.6 Å². The van der Waals surface area contributed by atoms with Crippen LogP contribution in [-0.4, -0.2) is 28.2 Å². The number of benzene rings is 1. The molecule has 2 rings (SSSR count). The average molecular weight is 272 g/mol. The molecular formula is C15H16N2O3. The number of aromatic carboxylic acids is 1. The van der Waals surface area contributed by atoms with Crippen LogP contribution in [0, 0.1) is 0 Å². The third kappa shape index (κ3) is 2.61. The molecule has 0 saturated heterocycles. The summed E-state index contributed by atoms with van der Waals surface area (Å²) in [5.74, 6) is 0.0113. The Morgan fingerprint density at radius 3 is 2.70 bits per heavy atom. The number of carbonyl (C=O) groups is 1. The fourth-order valence-electron chi connectivity index (χ4n) is 2.05. The van der Waals surface area contributed by atoms with E-state index in [0.29, 0.717) is 5.69 Å². The van der Waals surface area contributed by atoms with Gasteiger partial charge in [0.15, 0.2) is 0 Å². The lowest BCUT2D eigenvalue weighted by Gasteiger charge is -2.14. The minimum absolute atomic E-state index is 0.0902. The minimum Gasteiger partial charge on any atom is -0.496 e. The summed E-state index contributed by atoms with van der Waals surface area (Å²) >= 11 is 0. The number of nitrogens with zero attached hydrogens (tertiary/aromatic N) is 2. The Labute approximate surface area is 117 Å². The number of ether oxygens (including phenoxy) is 1. The SMILES string of the molecule is COc1ccc(-c2ncncc2C(=O)O)cc1C(C)C. The van der Waals surface area contributed by atoms with Gasteiger partial charge >= 0.3 is 5.97 Å². The zero-order chi connectivity index (χ0) is 14.7. The average Bonchev–Trinajstić information content (AvgIpc) is 2.46. The fourth-order valence-corrected chi connectivity index (χ4v) is 2.05. The molecule has 5 nitrogen and oxygen atoms in total. The summed E-state index contributed by atoms with van der Waals surface area (Å²) in [6, 6.07) is 5.55. The van der Waals surface area contributed by atoms with Crippen LogP contribution in [0.1, 0.15) is 35.7 Å². The van der Waals surface area contributed by atoms with Crippen LogP contribution in [0.2, 0.25) is 0 Å². The van der Waals surface area contributed by atoms with Crippen molar-refractivity contribution < 1.29 is 14.6 Å². The van der Waals surface area contributed by atoms with Crippen LogP contribution in [0.25, 0.3) is 11.3 Å². The van der Waals surface area contributed by atoms with Crippen LogP contribution in [0.4, 0.5) is 0 Å². The molecule has 0 aliphatic carbocycles. The first-order valence-corrected chi connectivity index (χ1v) is 6.26. The van der Waals surface area contributed by atoms with E-state index in [1.165, 1.54) is 12.5 Å². The molecule has 0 amide bonds. The number of carboxylic acids is 1. The number of rotatable bonds is 4. The van der Waals surface area contributed by atoms with E-state index in [1.807, 2.05) is 12.1 Å². The number of hydrogen-bond donors (Lipinski definition) is 1. The fraction of sp³-hybridized carbons (Fsp3) is 0.267. The topological polar surface area (TPSA) is 72.3 Å². The Morgan fingerprint density at radius 2 is 2.10 bits per heavy atom. The van der Waals surface area contributed by atoms with E-state index in [0.717, 1.165) is 16.9 Å². The molecular weight excluding hydrogens is 256 g/mol. The van der Waals surface area contributed by atoms with Crippen LogP contribution in [0.15, 0.2) is 30.7 Å². The van der Waals surface area contributed by atoms with E-state index in [1.54, 1.807) is 13.2 Å². The molecule has 104 valence electrons. The highest BCUT2D eigenvalue weighted by molar-refractivity contribution is 5.94. The van der Waals surface area contributed by atoms with Crippen molar-refractivity contribution >= 4 is 5.97 Å². The molecule has 0 atom stereocenters. The quantitative estimate of drug-likeness (QED) is 0.926. The summed E-state index contributed by atoms with van der Waals surface area (Å²) in [4.78, 5) is 19.1. The van der Waals surface area contributed by atoms with Gasteiger partial charge in [0.25, 0.3) is 0 Å². The maximum absolute atomic E-state index is 11.2. The van der Waals surface area contributed by atoms with Gasteiger partial charge in [-0.2, -0.15) is 0 Å². The van der Waals surface area contributed by atoms with Crippen LogP contribution < -0.4 is 4.74 Å². The van der Waals surface area contributed by atoms with E-state index >= 15 is 0 Å². The Balaban J connectivity index is 2.59. The molecule has 1 heterocycles. The highest BCUT2D eigenvalue weighted by atomic mass is 16.5. The van der Waals surface area contributed by atoms with E-state index in [2.05, 4.69) is 23.8 Å². The van der Waals surface area contributed by atoms with Crippen LogP contribution in [0.3, 0.4) is 0 Å². The molecule has 2 aromatic rings. The molecule has 0 unspecified atom stereocenters. The number of aromatic nitrogens is 2. The molecule has 1 aromatic carbocycles. The van der Waals surface area contributed by atoms with Crippen molar-refractivity contribution in [3.63, 3.8) is 0 Å². The lowest BCUT2D eigenvalue weighted by molar-refractivity contribution is 0.0697. The molecule has 1 aromatic heterocycles. The third-order valence-electron chi connectivity index (χ3n) is 3.07. The van der Waals surface area contributed by atoms with Crippen molar-refractivity contribution in [2.75, 3.05) is 7.11 Å². The van der Waals surface area contributed by atoms with Crippen molar-refractivity contribution in [3.8, 4) is 17.0 Å². The normalized spacial score (nSPS) is 10.6. The minimum atomic E-state index is -1.04. The van der Waals surface area contributed by atoms with E-state index in [-0.39, 0.29) is 11.5 Å². The number of hydrogen-bond acceptors (Lipinski definition) is 4. The van der Waals surface area contributed by atoms with Crippen molar-refractivity contribution in [2.24, 2.45) is 0 Å². The van der Waals surface area contributed by atoms with Gasteiger partial charge in [-0.1, -0.05) is 13.8 Å². The van der Waals surface area contributed by atoms with Crippen LogP contribution >= 0.6 is 0 Å². The largest absolute Gasteiger partial charge is 0.496 e. The maximum atomic E-state index is 11.2. The number of methoxy groups -OCH3 is 1. The molecule has 0 bridgehead atoms. The highest BCUT2D eigenvalue weighted by Gasteiger charge is 2.16. The summed E-state index contributed by atoms with van der Waals surface area (Å²) in [5.41, 5.74) is 2.26. The molecule has 1 N–H and O–H groups in total. The highest BCUT2D eigenvalue weighted by Crippen LogP contribution is 2.31. The second-order valence-corrected chi connectivity index (χ2v) is 4.70. The molecule has 5 heteroatoms. The summed E-state index contributed by atoms with van der Waals surface area (Å²) in [5, 5.41) is 9.20. The predicted octanol–water partition coefficient (Wildman–Crippen LogP) is 2.97. The van der Waals surface area contributed by atoms with Gasteiger partial charge in [0.2, 0.25) is 0 Å². The van der Waals surface area contributed by atoms with Gasteiger partial charge in [-0.25, -0.2) is 14.8 Å². The zero-order valence-electron chi connectivity index (χ0n) is 11.6. The Hall–Kier alpha value is -2.43. The molecule has 0 aliphatic heterocycles. The van der Waals surface area contributed by atoms with Gasteiger partial charge in [0, 0.05) is 11.8 Å². The lowest BCUT2D eigenvalue weighted by Crippen LogP contribution is -2.03. The van der Waals surface area contributed by atoms with E-state index in [9.17, 15) is 9.90 Å². The van der Waals surface area contributed by atoms with Gasteiger partial charge in [-0.15, -0.1) is 0 Å². The molecule has 20 heavy (non-hydrogen) atoms. The Bertz CT molecular complexity index is 639. The van der Waals surface area contributed by atoms with Crippen molar-refractivity contribution in [1.29, 1.82) is 0 Å². The smallest absolute Gasteiger partial charge is 0.339 e. The first-order valence-electron chi connectivity index (χ1n) is 6.26. The first kappa shape index (κ1) is 14.0. The summed E-state index contributed by atoms with van der Waals surface area (Å²) < 4.78 is 5.33. The standard InChI is InChI=1S/C15H16N2O3/c1-9(2)11-6-10(4-5-13(11)20-3)14-12(15(18)19)7-16-8-17-14/h4-9H,1-3H3,(H,18,19). The van der Waals surface area contributed by atoms with Crippen LogP contribution in [-0.2, 0) is 0 Å². The molecule has 0 aliphatic rings. The van der Waals surface area contributed by atoms with Gasteiger partial charge in [-0.05, 0) is 29.7 Å². The van der Waals surface area contributed by atoms with Crippen molar-refractivity contribution in [3.05, 3.63) is 41.9 Å². The molecule has 0 fully saturated rings. The van der Waals surface area contributed by atoms with Gasteiger partial charge < -0.3 is 9.84 Å². The van der Waals surface area contributed by atoms with Crippen molar-refractivity contribution in [1.82, 2.24) is 9.97 Å². The van der Waals surface area contributed by atoms with E-state index in [4.69, 9.17) is 4.74 Å². The zero-order valence-corrected chi connectivity index (χ0v) is 11.6. The predicted molar refractivity (Wildman–Crippen MR) is 75.1 cm³/mol. The summed E-state index contributed by atoms with van der Waals surface area (Å²) in [6.45, 7) is 4.11. The second-order valence-electron chi connectivity index (χ2n) is 4.70. The van der Waals surface area contributed by atoms with Gasteiger partial charge in [0.05, 0.1) is 12.8 Å². The first-order chi connectivity index (χ1) is 9.54. The van der Waals surface area contributed by atoms with Gasteiger partial charge in [-0.3, -0.25) is 0 Å². The Morgan fingerprint density at radius 1 is 1.35 bits per heavy atom. The lowest BCUT2D eigenvalue weighted by atomic mass is 9.97. The van der Waals surface area contributed by atoms with Crippen molar-refractivity contribution in [2.45, 2.75) is 19.8 Å². The summed E-state index contributed by atoms with van der Waals surface area (Å²) in [6.07, 6.45) is 2.66. The van der Waals surface area contributed by atoms with E-state index < -0.39 is 5.97 Å². The summed E-state index contributed by atoms with van der Waals surface area (Å²) in [7, 11) is 1.62.